The predicted molar refractivity (Wildman–Crippen MR) is 103 cm³/mol. The van der Waals surface area contributed by atoms with Crippen molar-refractivity contribution in [2.75, 3.05) is 5.32 Å². The van der Waals surface area contributed by atoms with Crippen LogP contribution in [0.2, 0.25) is 5.02 Å². The summed E-state index contributed by atoms with van der Waals surface area (Å²) in [5.74, 6) is -0.376. The Balaban J connectivity index is 1.53. The number of carbonyl (C=O) groups is 1. The second-order valence-corrected chi connectivity index (χ2v) is 6.30. The van der Waals surface area contributed by atoms with Crippen molar-refractivity contribution in [3.63, 3.8) is 0 Å². The number of benzene rings is 3. The lowest BCUT2D eigenvalue weighted by atomic mass is 10.1. The van der Waals surface area contributed by atoms with Gasteiger partial charge in [0.25, 0.3) is 0 Å². The molecule has 0 radical (unpaired) electrons. The molecule has 1 heterocycles. The second kappa shape index (κ2) is 7.05. The molecule has 0 bridgehead atoms. The van der Waals surface area contributed by atoms with Gasteiger partial charge in [0.1, 0.15) is 6.54 Å². The van der Waals surface area contributed by atoms with Gasteiger partial charge < -0.3 is 5.32 Å². The fraction of sp³-hybridized carbons (Fsp3) is 0.0526. The topological polar surface area (TPSA) is 81.8 Å². The zero-order chi connectivity index (χ0) is 18.8. The molecular formula is C19H14ClN5O2. The molecule has 1 amide bonds. The van der Waals surface area contributed by atoms with Crippen LogP contribution in [0.5, 0.6) is 0 Å². The zero-order valence-electron chi connectivity index (χ0n) is 14.0. The van der Waals surface area contributed by atoms with Gasteiger partial charge in [-0.05, 0) is 45.5 Å². The Hall–Kier alpha value is -3.45. The predicted octanol–water partition coefficient (Wildman–Crippen LogP) is 2.87. The molecule has 0 spiro atoms. The third-order valence-electron chi connectivity index (χ3n) is 4.05. The van der Waals surface area contributed by atoms with Crippen molar-refractivity contribution in [2.45, 2.75) is 6.54 Å². The summed E-state index contributed by atoms with van der Waals surface area (Å²) in [6.07, 6.45) is 0. The van der Waals surface area contributed by atoms with Gasteiger partial charge in [0.2, 0.25) is 5.91 Å². The third-order valence-corrected chi connectivity index (χ3v) is 4.37. The van der Waals surface area contributed by atoms with Crippen LogP contribution in [0.25, 0.3) is 16.5 Å². The number of halogens is 1. The molecule has 8 heteroatoms. The molecule has 0 atom stereocenters. The number of carbonyl (C=O) groups excluding carboxylic acids is 1. The molecule has 27 heavy (non-hydrogen) atoms. The van der Waals surface area contributed by atoms with E-state index in [4.69, 9.17) is 11.6 Å². The van der Waals surface area contributed by atoms with E-state index in [9.17, 15) is 9.59 Å². The van der Waals surface area contributed by atoms with Gasteiger partial charge in [-0.2, -0.15) is 9.36 Å². The van der Waals surface area contributed by atoms with Crippen molar-refractivity contribution in [1.29, 1.82) is 0 Å². The molecule has 3 aromatic carbocycles. The average Bonchev–Trinajstić information content (AvgIpc) is 3.02. The summed E-state index contributed by atoms with van der Waals surface area (Å²) in [4.78, 5) is 24.8. The van der Waals surface area contributed by atoms with Crippen LogP contribution in [-0.4, -0.2) is 25.7 Å². The maximum absolute atomic E-state index is 12.4. The summed E-state index contributed by atoms with van der Waals surface area (Å²) < 4.78 is 2.05. The van der Waals surface area contributed by atoms with Gasteiger partial charge in [0.15, 0.2) is 0 Å². The molecule has 4 aromatic rings. The van der Waals surface area contributed by atoms with E-state index in [1.54, 1.807) is 24.3 Å². The van der Waals surface area contributed by atoms with Crippen LogP contribution in [-0.2, 0) is 11.3 Å². The first-order valence-corrected chi connectivity index (χ1v) is 8.56. The Kier molecular flexibility index (Phi) is 4.43. The maximum Gasteiger partial charge on any atom is 0.369 e. The third kappa shape index (κ3) is 3.45. The molecule has 0 aliphatic carbocycles. The van der Waals surface area contributed by atoms with E-state index in [2.05, 4.69) is 15.7 Å². The first-order valence-electron chi connectivity index (χ1n) is 8.18. The molecule has 0 fully saturated rings. The Labute approximate surface area is 158 Å². The lowest BCUT2D eigenvalue weighted by Crippen LogP contribution is -2.29. The van der Waals surface area contributed by atoms with E-state index < -0.39 is 5.69 Å². The molecule has 1 N–H and O–H groups in total. The highest BCUT2D eigenvalue weighted by molar-refractivity contribution is 6.32. The molecule has 0 saturated carbocycles. The summed E-state index contributed by atoms with van der Waals surface area (Å²) in [7, 11) is 0. The summed E-state index contributed by atoms with van der Waals surface area (Å²) in [5, 5.41) is 12.8. The number of aromatic nitrogens is 4. The minimum Gasteiger partial charge on any atom is -0.324 e. The Morgan fingerprint density at radius 3 is 2.52 bits per heavy atom. The Bertz CT molecular complexity index is 1200. The Morgan fingerprint density at radius 1 is 0.963 bits per heavy atom. The summed E-state index contributed by atoms with van der Waals surface area (Å²) >= 11 is 6.08. The molecule has 0 aliphatic heterocycles. The molecular weight excluding hydrogens is 366 g/mol. The molecule has 4 rings (SSSR count). The fourth-order valence-corrected chi connectivity index (χ4v) is 2.97. The summed E-state index contributed by atoms with van der Waals surface area (Å²) in [5.41, 5.74) is 0.507. The van der Waals surface area contributed by atoms with E-state index in [1.807, 2.05) is 42.5 Å². The first-order chi connectivity index (χ1) is 13.1. The van der Waals surface area contributed by atoms with Crippen molar-refractivity contribution in [2.24, 2.45) is 0 Å². The number of fused-ring (bicyclic) bond motifs is 1. The largest absolute Gasteiger partial charge is 0.369 e. The lowest BCUT2D eigenvalue weighted by Gasteiger charge is -2.06. The normalized spacial score (nSPS) is 10.9. The van der Waals surface area contributed by atoms with E-state index in [0.29, 0.717) is 16.4 Å². The molecule has 1 aromatic heterocycles. The zero-order valence-corrected chi connectivity index (χ0v) is 14.8. The van der Waals surface area contributed by atoms with Crippen LogP contribution in [0, 0.1) is 0 Å². The standard InChI is InChI=1S/C19H14ClN5O2/c20-16-7-3-4-8-17(16)25-19(27)24(22-23-25)12-18(26)21-15-10-9-13-5-1-2-6-14(13)11-15/h1-11H,12H2,(H,21,26). The highest BCUT2D eigenvalue weighted by Crippen LogP contribution is 2.19. The van der Waals surface area contributed by atoms with Crippen molar-refractivity contribution in [3.05, 3.63) is 82.2 Å². The molecule has 134 valence electrons. The number of hydrogen-bond donors (Lipinski definition) is 1. The van der Waals surface area contributed by atoms with Crippen LogP contribution in [0.15, 0.2) is 71.5 Å². The van der Waals surface area contributed by atoms with Crippen molar-refractivity contribution in [3.8, 4) is 5.69 Å². The van der Waals surface area contributed by atoms with Crippen molar-refractivity contribution < 1.29 is 4.79 Å². The number of para-hydroxylation sites is 1. The molecule has 0 aliphatic rings. The van der Waals surface area contributed by atoms with E-state index in [1.165, 1.54) is 0 Å². The number of amides is 1. The average molecular weight is 380 g/mol. The van der Waals surface area contributed by atoms with Crippen LogP contribution in [0.3, 0.4) is 0 Å². The van der Waals surface area contributed by atoms with Crippen LogP contribution >= 0.6 is 11.6 Å². The number of nitrogens with one attached hydrogen (secondary N) is 1. The van der Waals surface area contributed by atoms with Gasteiger partial charge in [0, 0.05) is 5.69 Å². The highest BCUT2D eigenvalue weighted by Gasteiger charge is 2.14. The number of tetrazole rings is 1. The smallest absolute Gasteiger partial charge is 0.324 e. The van der Waals surface area contributed by atoms with Crippen LogP contribution in [0.4, 0.5) is 5.69 Å². The van der Waals surface area contributed by atoms with Gasteiger partial charge >= 0.3 is 5.69 Å². The molecule has 0 saturated heterocycles. The second-order valence-electron chi connectivity index (χ2n) is 5.89. The number of anilines is 1. The van der Waals surface area contributed by atoms with Gasteiger partial charge in [0.05, 0.1) is 10.7 Å². The van der Waals surface area contributed by atoms with Crippen LogP contribution < -0.4 is 11.0 Å². The van der Waals surface area contributed by atoms with Crippen molar-refractivity contribution in [1.82, 2.24) is 19.8 Å². The highest BCUT2D eigenvalue weighted by atomic mass is 35.5. The number of nitrogens with zero attached hydrogens (tertiary/aromatic N) is 4. The van der Waals surface area contributed by atoms with Crippen LogP contribution in [0.1, 0.15) is 0 Å². The SMILES string of the molecule is O=C(Cn1nnn(-c2ccccc2Cl)c1=O)Nc1ccc2ccccc2c1. The first kappa shape index (κ1) is 17.0. The quantitative estimate of drug-likeness (QED) is 0.591. The lowest BCUT2D eigenvalue weighted by molar-refractivity contribution is -0.117. The van der Waals surface area contributed by atoms with Gasteiger partial charge in [-0.3, -0.25) is 4.79 Å². The number of rotatable bonds is 4. The van der Waals surface area contributed by atoms with Crippen molar-refractivity contribution >= 4 is 34.0 Å². The fourth-order valence-electron chi connectivity index (χ4n) is 2.75. The monoisotopic (exact) mass is 379 g/mol. The Morgan fingerprint density at radius 2 is 1.70 bits per heavy atom. The minimum atomic E-state index is -0.545. The summed E-state index contributed by atoms with van der Waals surface area (Å²) in [6.45, 7) is -0.254. The van der Waals surface area contributed by atoms with Gasteiger partial charge in [-0.15, -0.1) is 0 Å². The van der Waals surface area contributed by atoms with Gasteiger partial charge in [-0.1, -0.05) is 54.1 Å². The van der Waals surface area contributed by atoms with E-state index in [-0.39, 0.29) is 12.5 Å². The summed E-state index contributed by atoms with van der Waals surface area (Å²) in [6, 6.07) is 20.2. The molecule has 0 unspecified atom stereocenters. The van der Waals surface area contributed by atoms with Gasteiger partial charge in [-0.25, -0.2) is 4.79 Å². The van der Waals surface area contributed by atoms with E-state index >= 15 is 0 Å². The number of hydrogen-bond acceptors (Lipinski definition) is 4. The molecule has 7 nitrogen and oxygen atoms in total. The maximum atomic E-state index is 12.4. The van der Waals surface area contributed by atoms with E-state index in [0.717, 1.165) is 20.1 Å². The minimum absolute atomic E-state index is 0.254.